The standard InChI is InChI=1S/C14H16.2C7H8/c1-2-8-5-7(1)11-12(8)14-10-4-3-9(6-10)13(11)14;2*1-2-7-4-3-6(1)5-7/h1-4,7-14H,5-6H2;2*1-4,6-7H,5H2. The Morgan fingerprint density at radius 2 is 0.536 bits per heavy atom. The number of hydrogen-bond acceptors (Lipinski definition) is 0. The highest BCUT2D eigenvalue weighted by Gasteiger charge is 2.67. The van der Waals surface area contributed by atoms with E-state index in [9.17, 15) is 0 Å². The molecule has 3 saturated carbocycles. The molecule has 8 bridgehead atoms. The Hall–Kier alpha value is -1.56. The lowest BCUT2D eigenvalue weighted by Gasteiger charge is -2.54. The third kappa shape index (κ3) is 2.30. The van der Waals surface area contributed by atoms with Gasteiger partial charge in [-0.3, -0.25) is 0 Å². The van der Waals surface area contributed by atoms with E-state index in [4.69, 9.17) is 0 Å². The maximum atomic E-state index is 2.54. The number of hydrogen-bond donors (Lipinski definition) is 0. The van der Waals surface area contributed by atoms with Crippen LogP contribution in [0.2, 0.25) is 0 Å². The van der Waals surface area contributed by atoms with Gasteiger partial charge in [0, 0.05) is 0 Å². The second-order valence-corrected chi connectivity index (χ2v) is 10.9. The third-order valence-electron chi connectivity index (χ3n) is 9.57. The Labute approximate surface area is 169 Å². The Morgan fingerprint density at radius 3 is 0.714 bits per heavy atom. The van der Waals surface area contributed by atoms with Crippen LogP contribution in [0.25, 0.3) is 0 Å². The Morgan fingerprint density at radius 1 is 0.286 bits per heavy atom. The summed E-state index contributed by atoms with van der Waals surface area (Å²) < 4.78 is 0. The predicted octanol–water partition coefficient (Wildman–Crippen LogP) is 6.37. The molecule has 0 aromatic rings. The summed E-state index contributed by atoms with van der Waals surface area (Å²) in [5.41, 5.74) is 0. The van der Waals surface area contributed by atoms with Gasteiger partial charge in [-0.15, -0.1) is 0 Å². The molecule has 0 unspecified atom stereocenters. The highest BCUT2D eigenvalue weighted by Crippen LogP contribution is 2.72. The summed E-state index contributed by atoms with van der Waals surface area (Å²) >= 11 is 0. The predicted molar refractivity (Wildman–Crippen MR) is 115 cm³/mol. The minimum Gasteiger partial charge on any atom is -0.0848 e. The largest absolute Gasteiger partial charge is 0.0848 e. The van der Waals surface area contributed by atoms with Gasteiger partial charge in [-0.1, -0.05) is 72.9 Å². The second kappa shape index (κ2) is 5.97. The van der Waals surface area contributed by atoms with E-state index >= 15 is 0 Å². The zero-order chi connectivity index (χ0) is 18.2. The first-order chi connectivity index (χ1) is 13.8. The molecule has 0 heterocycles. The van der Waals surface area contributed by atoms with E-state index < -0.39 is 0 Å². The quantitative estimate of drug-likeness (QED) is 0.436. The Kier molecular flexibility index (Phi) is 3.47. The number of rotatable bonds is 0. The van der Waals surface area contributed by atoms with E-state index in [1.807, 2.05) is 0 Å². The monoisotopic (exact) mass is 368 g/mol. The van der Waals surface area contributed by atoms with Crippen molar-refractivity contribution in [3.8, 4) is 0 Å². The van der Waals surface area contributed by atoms with Gasteiger partial charge in [0.15, 0.2) is 0 Å². The van der Waals surface area contributed by atoms with Crippen LogP contribution in [0.3, 0.4) is 0 Å². The lowest BCUT2D eigenvalue weighted by molar-refractivity contribution is -0.0372. The molecule has 0 heteroatoms. The van der Waals surface area contributed by atoms with Crippen LogP contribution < -0.4 is 0 Å². The molecule has 0 nitrogen and oxygen atoms in total. The molecule has 0 aliphatic heterocycles. The van der Waals surface area contributed by atoms with E-state index in [1.165, 1.54) is 25.7 Å². The molecule has 0 saturated heterocycles. The first kappa shape index (κ1) is 16.3. The zero-order valence-corrected chi connectivity index (χ0v) is 16.7. The highest BCUT2D eigenvalue weighted by atomic mass is 14.7. The van der Waals surface area contributed by atoms with Gasteiger partial charge in [0.05, 0.1) is 0 Å². The molecule has 9 aliphatic carbocycles. The molecule has 144 valence electrons. The molecule has 0 radical (unpaired) electrons. The molecule has 28 heavy (non-hydrogen) atoms. The van der Waals surface area contributed by atoms with Gasteiger partial charge in [0.25, 0.3) is 0 Å². The van der Waals surface area contributed by atoms with Gasteiger partial charge in [-0.05, 0) is 96.7 Å². The van der Waals surface area contributed by atoms with Gasteiger partial charge in [-0.25, -0.2) is 0 Å². The molecule has 0 atom stereocenters. The second-order valence-electron chi connectivity index (χ2n) is 10.9. The third-order valence-corrected chi connectivity index (χ3v) is 9.57. The van der Waals surface area contributed by atoms with Crippen molar-refractivity contribution in [2.75, 3.05) is 0 Å². The fourth-order valence-corrected chi connectivity index (χ4v) is 8.48. The van der Waals surface area contributed by atoms with Crippen molar-refractivity contribution in [1.82, 2.24) is 0 Å². The fraction of sp³-hybridized carbons (Fsp3) is 0.571. The maximum Gasteiger partial charge on any atom is -0.00445 e. The number of allylic oxidation sites excluding steroid dienone is 12. The van der Waals surface area contributed by atoms with Crippen LogP contribution in [0.1, 0.15) is 25.7 Å². The molecule has 0 amide bonds. The molecular formula is C28H32. The SMILES string of the molecule is C1=CC2C=CC1C2.C1=CC2C=CC1C2.C1=CC2CC1C1C2C2C3C=CC(C3)C12. The molecule has 9 aliphatic rings. The number of fused-ring (bicyclic) bond motifs is 16. The van der Waals surface area contributed by atoms with Crippen molar-refractivity contribution in [2.45, 2.75) is 25.7 Å². The summed E-state index contributed by atoms with van der Waals surface area (Å²) in [6, 6.07) is 0. The lowest BCUT2D eigenvalue weighted by atomic mass is 9.50. The van der Waals surface area contributed by atoms with Crippen molar-refractivity contribution >= 4 is 0 Å². The van der Waals surface area contributed by atoms with Crippen LogP contribution in [-0.2, 0) is 0 Å². The first-order valence-electron chi connectivity index (χ1n) is 11.9. The molecule has 0 N–H and O–H groups in total. The summed E-state index contributed by atoms with van der Waals surface area (Å²) in [6.45, 7) is 0. The van der Waals surface area contributed by atoms with E-state index in [0.29, 0.717) is 0 Å². The van der Waals surface area contributed by atoms with Crippen LogP contribution in [0, 0.1) is 71.0 Å². The Bertz CT molecular complexity index is 668. The Balaban J connectivity index is 0.0000000870. The normalized spacial score (nSPS) is 56.6. The lowest BCUT2D eigenvalue weighted by Crippen LogP contribution is -2.50. The van der Waals surface area contributed by atoms with Crippen LogP contribution in [0.5, 0.6) is 0 Å². The molecule has 9 rings (SSSR count). The summed E-state index contributed by atoms with van der Waals surface area (Å²) in [7, 11) is 0. The minimum atomic E-state index is 0.810. The van der Waals surface area contributed by atoms with E-state index in [-0.39, 0.29) is 0 Å². The van der Waals surface area contributed by atoms with Crippen LogP contribution in [0.15, 0.2) is 72.9 Å². The average molecular weight is 369 g/mol. The van der Waals surface area contributed by atoms with Gasteiger partial charge in [0.1, 0.15) is 0 Å². The summed E-state index contributed by atoms with van der Waals surface area (Å²) in [5.74, 6) is 11.7. The first-order valence-corrected chi connectivity index (χ1v) is 11.9. The van der Waals surface area contributed by atoms with Crippen molar-refractivity contribution in [3.05, 3.63) is 72.9 Å². The summed E-state index contributed by atoms with van der Waals surface area (Å²) in [4.78, 5) is 0. The molecule has 0 aromatic carbocycles. The van der Waals surface area contributed by atoms with E-state index in [0.717, 1.165) is 71.0 Å². The highest BCUT2D eigenvalue weighted by molar-refractivity contribution is 5.29. The smallest absolute Gasteiger partial charge is 0.00445 e. The molecular weight excluding hydrogens is 336 g/mol. The van der Waals surface area contributed by atoms with Crippen molar-refractivity contribution in [3.63, 3.8) is 0 Å². The molecule has 0 aromatic heterocycles. The van der Waals surface area contributed by atoms with Crippen LogP contribution in [-0.4, -0.2) is 0 Å². The fourth-order valence-electron chi connectivity index (χ4n) is 8.48. The molecule has 3 fully saturated rings. The minimum absolute atomic E-state index is 0.810. The van der Waals surface area contributed by atoms with Crippen molar-refractivity contribution < 1.29 is 0 Å². The van der Waals surface area contributed by atoms with E-state index in [2.05, 4.69) is 72.9 Å². The maximum absolute atomic E-state index is 2.54. The topological polar surface area (TPSA) is 0 Å². The zero-order valence-electron chi connectivity index (χ0n) is 16.7. The summed E-state index contributed by atoms with van der Waals surface area (Å²) in [5, 5.41) is 0. The van der Waals surface area contributed by atoms with Gasteiger partial charge in [-0.2, -0.15) is 0 Å². The average Bonchev–Trinajstić information content (AvgIpc) is 3.56. The van der Waals surface area contributed by atoms with Gasteiger partial charge in [0.2, 0.25) is 0 Å². The van der Waals surface area contributed by atoms with Crippen molar-refractivity contribution in [2.24, 2.45) is 71.0 Å². The van der Waals surface area contributed by atoms with Crippen molar-refractivity contribution in [1.29, 1.82) is 0 Å². The van der Waals surface area contributed by atoms with E-state index in [1.54, 1.807) is 0 Å². The van der Waals surface area contributed by atoms with Crippen LogP contribution in [0.4, 0.5) is 0 Å². The van der Waals surface area contributed by atoms with Gasteiger partial charge >= 0.3 is 0 Å². The summed E-state index contributed by atoms with van der Waals surface area (Å²) in [6.07, 6.45) is 34.3. The van der Waals surface area contributed by atoms with Gasteiger partial charge < -0.3 is 0 Å². The van der Waals surface area contributed by atoms with Crippen LogP contribution >= 0.6 is 0 Å². The molecule has 0 spiro atoms.